The molecule has 3 heteroatoms. The van der Waals surface area contributed by atoms with Gasteiger partial charge in [0.15, 0.2) is 0 Å². The molecule has 21 heavy (non-hydrogen) atoms. The molecule has 1 N–H and O–H groups in total. The fourth-order valence-corrected chi connectivity index (χ4v) is 2.08. The van der Waals surface area contributed by atoms with Crippen molar-refractivity contribution in [2.75, 3.05) is 11.9 Å². The van der Waals surface area contributed by atoms with E-state index in [1.165, 1.54) is 0 Å². The molecule has 0 aromatic heterocycles. The van der Waals surface area contributed by atoms with Crippen molar-refractivity contribution >= 4 is 5.69 Å². The highest BCUT2D eigenvalue weighted by molar-refractivity contribution is 5.48. The van der Waals surface area contributed by atoms with Gasteiger partial charge in [-0.05, 0) is 61.7 Å². The molecule has 1 unspecified atom stereocenters. The number of anilines is 1. The lowest BCUT2D eigenvalue weighted by atomic mass is 10.1. The van der Waals surface area contributed by atoms with Crippen molar-refractivity contribution < 1.29 is 9.13 Å². The maximum Gasteiger partial charge on any atom is 0.126 e. The highest BCUT2D eigenvalue weighted by Crippen LogP contribution is 2.23. The minimum absolute atomic E-state index is 0.0440. The van der Waals surface area contributed by atoms with Crippen LogP contribution in [-0.2, 0) is 0 Å². The first kappa shape index (κ1) is 15.4. The summed E-state index contributed by atoms with van der Waals surface area (Å²) >= 11 is 0. The van der Waals surface area contributed by atoms with Crippen molar-refractivity contribution in [2.45, 2.75) is 33.2 Å². The van der Waals surface area contributed by atoms with Crippen LogP contribution in [-0.4, -0.2) is 6.61 Å². The summed E-state index contributed by atoms with van der Waals surface area (Å²) in [6, 6.07) is 13.2. The Balaban J connectivity index is 2.01. The lowest BCUT2D eigenvalue weighted by Crippen LogP contribution is -2.07. The molecular formula is C18H22FNO. The number of halogens is 1. The van der Waals surface area contributed by atoms with Crippen molar-refractivity contribution in [1.29, 1.82) is 0 Å². The highest BCUT2D eigenvalue weighted by Gasteiger charge is 2.07. The number of nitrogens with one attached hydrogen (secondary N) is 1. The third-order valence-corrected chi connectivity index (χ3v) is 3.41. The summed E-state index contributed by atoms with van der Waals surface area (Å²) in [5, 5.41) is 3.37. The van der Waals surface area contributed by atoms with Gasteiger partial charge in [0.25, 0.3) is 0 Å². The van der Waals surface area contributed by atoms with Gasteiger partial charge < -0.3 is 10.1 Å². The Morgan fingerprint density at radius 2 is 1.86 bits per heavy atom. The van der Waals surface area contributed by atoms with Crippen molar-refractivity contribution in [1.82, 2.24) is 0 Å². The molecular weight excluding hydrogens is 265 g/mol. The smallest absolute Gasteiger partial charge is 0.126 e. The zero-order chi connectivity index (χ0) is 15.2. The first-order valence-corrected chi connectivity index (χ1v) is 7.35. The van der Waals surface area contributed by atoms with E-state index in [1.54, 1.807) is 13.0 Å². The molecule has 2 aromatic rings. The van der Waals surface area contributed by atoms with Gasteiger partial charge in [-0.3, -0.25) is 0 Å². The summed E-state index contributed by atoms with van der Waals surface area (Å²) in [7, 11) is 0. The van der Waals surface area contributed by atoms with E-state index in [1.807, 2.05) is 43.3 Å². The Morgan fingerprint density at radius 3 is 2.48 bits per heavy atom. The topological polar surface area (TPSA) is 21.3 Å². The van der Waals surface area contributed by atoms with Crippen LogP contribution in [0.15, 0.2) is 42.5 Å². The van der Waals surface area contributed by atoms with Gasteiger partial charge in [-0.15, -0.1) is 0 Å². The first-order valence-electron chi connectivity index (χ1n) is 7.35. The van der Waals surface area contributed by atoms with Crippen LogP contribution >= 0.6 is 0 Å². The lowest BCUT2D eigenvalue weighted by molar-refractivity contribution is 0.317. The van der Waals surface area contributed by atoms with Crippen LogP contribution in [0.4, 0.5) is 10.1 Å². The van der Waals surface area contributed by atoms with Gasteiger partial charge in [0.05, 0.1) is 6.61 Å². The number of hydrogen-bond donors (Lipinski definition) is 1. The predicted molar refractivity (Wildman–Crippen MR) is 85.4 cm³/mol. The summed E-state index contributed by atoms with van der Waals surface area (Å²) in [5.41, 5.74) is 2.60. The van der Waals surface area contributed by atoms with Gasteiger partial charge in [-0.1, -0.05) is 19.1 Å². The van der Waals surface area contributed by atoms with Crippen LogP contribution in [0.3, 0.4) is 0 Å². The van der Waals surface area contributed by atoms with Crippen LogP contribution < -0.4 is 10.1 Å². The lowest BCUT2D eigenvalue weighted by Gasteiger charge is -2.16. The second-order valence-electron chi connectivity index (χ2n) is 5.25. The Labute approximate surface area is 126 Å². The molecule has 2 rings (SSSR count). The molecule has 1 atom stereocenters. The van der Waals surface area contributed by atoms with Crippen LogP contribution in [0.5, 0.6) is 5.75 Å². The van der Waals surface area contributed by atoms with E-state index in [0.717, 1.165) is 30.0 Å². The molecule has 0 saturated carbocycles. The van der Waals surface area contributed by atoms with Gasteiger partial charge in [-0.2, -0.15) is 0 Å². The quantitative estimate of drug-likeness (QED) is 0.798. The zero-order valence-corrected chi connectivity index (χ0v) is 12.8. The van der Waals surface area contributed by atoms with Crippen LogP contribution in [0.25, 0.3) is 0 Å². The molecule has 0 radical (unpaired) electrons. The molecule has 0 spiro atoms. The van der Waals surface area contributed by atoms with Gasteiger partial charge in [0.2, 0.25) is 0 Å². The Morgan fingerprint density at radius 1 is 1.14 bits per heavy atom. The van der Waals surface area contributed by atoms with Gasteiger partial charge >= 0.3 is 0 Å². The fourth-order valence-electron chi connectivity index (χ4n) is 2.08. The molecule has 0 fully saturated rings. The van der Waals surface area contributed by atoms with E-state index in [4.69, 9.17) is 4.74 Å². The second kappa shape index (κ2) is 7.11. The predicted octanol–water partition coefficient (Wildman–Crippen LogP) is 5.10. The number of rotatable bonds is 6. The first-order chi connectivity index (χ1) is 10.1. The van der Waals surface area contributed by atoms with E-state index in [2.05, 4.69) is 12.2 Å². The van der Waals surface area contributed by atoms with Crippen molar-refractivity contribution in [3.8, 4) is 5.75 Å². The molecule has 0 aliphatic carbocycles. The van der Waals surface area contributed by atoms with E-state index < -0.39 is 0 Å². The minimum atomic E-state index is -0.163. The molecule has 0 amide bonds. The summed E-state index contributed by atoms with van der Waals surface area (Å²) in [5.74, 6) is 0.709. The van der Waals surface area contributed by atoms with Gasteiger partial charge in [-0.25, -0.2) is 4.39 Å². The normalized spacial score (nSPS) is 12.0. The number of ether oxygens (including phenoxy) is 1. The van der Waals surface area contributed by atoms with E-state index >= 15 is 0 Å². The van der Waals surface area contributed by atoms with Crippen LogP contribution in [0.1, 0.15) is 37.4 Å². The SMILES string of the molecule is CCCOc1ccc(NC(C)c2ccc(C)c(F)c2)cc1. The van der Waals surface area contributed by atoms with E-state index in [0.29, 0.717) is 5.56 Å². The monoisotopic (exact) mass is 287 g/mol. The van der Waals surface area contributed by atoms with Crippen molar-refractivity contribution in [3.05, 3.63) is 59.4 Å². The maximum atomic E-state index is 13.6. The standard InChI is InChI=1S/C18H22FNO/c1-4-11-21-17-9-7-16(8-10-17)20-14(3)15-6-5-13(2)18(19)12-15/h5-10,12,14,20H,4,11H2,1-3H3. The van der Waals surface area contributed by atoms with E-state index in [-0.39, 0.29) is 11.9 Å². The molecule has 2 nitrogen and oxygen atoms in total. The summed E-state index contributed by atoms with van der Waals surface area (Å²) in [4.78, 5) is 0. The molecule has 0 heterocycles. The Kier molecular flexibility index (Phi) is 5.20. The fraction of sp³-hybridized carbons (Fsp3) is 0.333. The molecule has 0 aliphatic rings. The van der Waals surface area contributed by atoms with Gasteiger partial charge in [0, 0.05) is 11.7 Å². The molecule has 2 aromatic carbocycles. The molecule has 0 aliphatic heterocycles. The number of benzene rings is 2. The minimum Gasteiger partial charge on any atom is -0.494 e. The third kappa shape index (κ3) is 4.22. The summed E-state index contributed by atoms with van der Waals surface area (Å²) < 4.78 is 19.2. The maximum absolute atomic E-state index is 13.6. The van der Waals surface area contributed by atoms with Crippen LogP contribution in [0, 0.1) is 12.7 Å². The summed E-state index contributed by atoms with van der Waals surface area (Å²) in [6.07, 6.45) is 0.996. The number of hydrogen-bond acceptors (Lipinski definition) is 2. The largest absolute Gasteiger partial charge is 0.494 e. The second-order valence-corrected chi connectivity index (χ2v) is 5.25. The number of aryl methyl sites for hydroxylation is 1. The molecule has 112 valence electrons. The highest BCUT2D eigenvalue weighted by atomic mass is 19.1. The third-order valence-electron chi connectivity index (χ3n) is 3.41. The average molecular weight is 287 g/mol. The van der Waals surface area contributed by atoms with Crippen molar-refractivity contribution in [2.24, 2.45) is 0 Å². The Hall–Kier alpha value is -2.03. The van der Waals surface area contributed by atoms with Crippen molar-refractivity contribution in [3.63, 3.8) is 0 Å². The Bertz CT molecular complexity index is 580. The zero-order valence-electron chi connectivity index (χ0n) is 12.8. The van der Waals surface area contributed by atoms with E-state index in [9.17, 15) is 4.39 Å². The van der Waals surface area contributed by atoms with Gasteiger partial charge in [0.1, 0.15) is 11.6 Å². The molecule has 0 saturated heterocycles. The summed E-state index contributed by atoms with van der Waals surface area (Å²) in [6.45, 7) is 6.60. The molecule has 0 bridgehead atoms. The van der Waals surface area contributed by atoms with Crippen LogP contribution in [0.2, 0.25) is 0 Å². The average Bonchev–Trinajstić information content (AvgIpc) is 2.49.